The highest BCUT2D eigenvalue weighted by atomic mass is 35.5. The zero-order chi connectivity index (χ0) is 18.6. The van der Waals surface area contributed by atoms with Crippen LogP contribution in [0.15, 0.2) is 46.0 Å². The molecule has 0 unspecified atom stereocenters. The maximum atomic E-state index is 13.1. The standard InChI is InChI=1S/C17H20ClN3O4S/c18-13-6-8-15(9-7-13)26(23,24)21(14-4-2-1-3-5-14)12-17(22)19-16-10-11-25-20-16/h6-11,14H,1-5,12H2,(H,19,20,22). The van der Waals surface area contributed by atoms with Gasteiger partial charge in [-0.1, -0.05) is 36.0 Å². The Labute approximate surface area is 157 Å². The van der Waals surface area contributed by atoms with Crippen LogP contribution in [0.4, 0.5) is 5.82 Å². The van der Waals surface area contributed by atoms with E-state index in [4.69, 9.17) is 11.6 Å². The molecule has 7 nitrogen and oxygen atoms in total. The van der Waals surface area contributed by atoms with Crippen LogP contribution < -0.4 is 5.32 Å². The number of amides is 1. The molecule has 1 aromatic heterocycles. The highest BCUT2D eigenvalue weighted by Crippen LogP contribution is 2.28. The van der Waals surface area contributed by atoms with Gasteiger partial charge in [0.05, 0.1) is 11.4 Å². The van der Waals surface area contributed by atoms with Crippen molar-refractivity contribution in [1.82, 2.24) is 9.46 Å². The number of nitrogens with one attached hydrogen (secondary N) is 1. The molecule has 0 bridgehead atoms. The summed E-state index contributed by atoms with van der Waals surface area (Å²) in [6.07, 6.45) is 5.79. The lowest BCUT2D eigenvalue weighted by atomic mass is 9.95. The maximum absolute atomic E-state index is 13.1. The summed E-state index contributed by atoms with van der Waals surface area (Å²) in [4.78, 5) is 12.5. The van der Waals surface area contributed by atoms with Crippen LogP contribution >= 0.6 is 11.6 Å². The van der Waals surface area contributed by atoms with Crippen molar-refractivity contribution in [2.45, 2.75) is 43.0 Å². The molecule has 1 heterocycles. The molecule has 26 heavy (non-hydrogen) atoms. The van der Waals surface area contributed by atoms with Gasteiger partial charge in [0.15, 0.2) is 5.82 Å². The van der Waals surface area contributed by atoms with Gasteiger partial charge >= 0.3 is 0 Å². The van der Waals surface area contributed by atoms with Crippen LogP contribution in [0, 0.1) is 0 Å². The molecule has 0 aliphatic heterocycles. The number of carbonyl (C=O) groups excluding carboxylic acids is 1. The molecule has 1 aliphatic carbocycles. The molecule has 0 spiro atoms. The number of benzene rings is 1. The van der Waals surface area contributed by atoms with E-state index in [1.165, 1.54) is 40.9 Å². The number of rotatable bonds is 6. The van der Waals surface area contributed by atoms with Gasteiger partial charge in [-0.2, -0.15) is 4.31 Å². The Morgan fingerprint density at radius 1 is 1.19 bits per heavy atom. The van der Waals surface area contributed by atoms with Gasteiger partial charge in [-0.25, -0.2) is 8.42 Å². The van der Waals surface area contributed by atoms with Crippen LogP contribution in [0.25, 0.3) is 0 Å². The van der Waals surface area contributed by atoms with Crippen LogP contribution in [0.3, 0.4) is 0 Å². The fourth-order valence-corrected chi connectivity index (χ4v) is 4.89. The first kappa shape index (κ1) is 18.9. The number of aromatic nitrogens is 1. The highest BCUT2D eigenvalue weighted by Gasteiger charge is 2.34. The Morgan fingerprint density at radius 2 is 1.88 bits per heavy atom. The Balaban J connectivity index is 1.84. The minimum absolute atomic E-state index is 0.127. The molecule has 1 aromatic carbocycles. The quantitative estimate of drug-likeness (QED) is 0.807. The number of hydrogen-bond donors (Lipinski definition) is 1. The van der Waals surface area contributed by atoms with E-state index in [0.29, 0.717) is 5.02 Å². The lowest BCUT2D eigenvalue weighted by Gasteiger charge is -2.32. The fraction of sp³-hybridized carbons (Fsp3) is 0.412. The second-order valence-corrected chi connectivity index (χ2v) is 8.56. The first-order valence-electron chi connectivity index (χ1n) is 8.44. The lowest BCUT2D eigenvalue weighted by Crippen LogP contribution is -2.45. The molecule has 3 rings (SSSR count). The van der Waals surface area contributed by atoms with Crippen LogP contribution in [-0.2, 0) is 14.8 Å². The third-order valence-electron chi connectivity index (χ3n) is 4.41. The van der Waals surface area contributed by atoms with Crippen molar-refractivity contribution < 1.29 is 17.7 Å². The molecule has 0 radical (unpaired) electrons. The van der Waals surface area contributed by atoms with E-state index in [1.54, 1.807) is 0 Å². The van der Waals surface area contributed by atoms with Crippen molar-refractivity contribution in [2.75, 3.05) is 11.9 Å². The largest absolute Gasteiger partial charge is 0.363 e. The zero-order valence-electron chi connectivity index (χ0n) is 14.1. The minimum Gasteiger partial charge on any atom is -0.363 e. The van der Waals surface area contributed by atoms with Gasteiger partial charge < -0.3 is 9.84 Å². The van der Waals surface area contributed by atoms with Crippen molar-refractivity contribution in [2.24, 2.45) is 0 Å². The van der Waals surface area contributed by atoms with E-state index < -0.39 is 15.9 Å². The smallest absolute Gasteiger partial charge is 0.243 e. The van der Waals surface area contributed by atoms with Gasteiger partial charge in [0.1, 0.15) is 6.26 Å². The molecule has 1 N–H and O–H groups in total. The molecule has 9 heteroatoms. The summed E-state index contributed by atoms with van der Waals surface area (Å²) in [5.41, 5.74) is 0. The Morgan fingerprint density at radius 3 is 2.50 bits per heavy atom. The number of hydrogen-bond acceptors (Lipinski definition) is 5. The predicted molar refractivity (Wildman–Crippen MR) is 97.3 cm³/mol. The van der Waals surface area contributed by atoms with Crippen molar-refractivity contribution >= 4 is 33.3 Å². The van der Waals surface area contributed by atoms with E-state index in [2.05, 4.69) is 15.0 Å². The average Bonchev–Trinajstić information content (AvgIpc) is 3.13. The average molecular weight is 398 g/mol. The van der Waals surface area contributed by atoms with Crippen molar-refractivity contribution in [1.29, 1.82) is 0 Å². The summed E-state index contributed by atoms with van der Waals surface area (Å²) in [6, 6.07) is 7.28. The van der Waals surface area contributed by atoms with E-state index in [1.807, 2.05) is 0 Å². The summed E-state index contributed by atoms with van der Waals surface area (Å²) in [7, 11) is -3.82. The summed E-state index contributed by atoms with van der Waals surface area (Å²) in [6.45, 7) is -0.275. The van der Waals surface area contributed by atoms with Gasteiger partial charge in [-0.05, 0) is 37.1 Å². The lowest BCUT2D eigenvalue weighted by molar-refractivity contribution is -0.116. The monoisotopic (exact) mass is 397 g/mol. The number of sulfonamides is 1. The van der Waals surface area contributed by atoms with Crippen LogP contribution in [0.1, 0.15) is 32.1 Å². The predicted octanol–water partition coefficient (Wildman–Crippen LogP) is 3.29. The third kappa shape index (κ3) is 4.44. The van der Waals surface area contributed by atoms with Gasteiger partial charge in [0.25, 0.3) is 0 Å². The second-order valence-electron chi connectivity index (χ2n) is 6.23. The van der Waals surface area contributed by atoms with Crippen molar-refractivity contribution in [3.05, 3.63) is 41.6 Å². The Hall–Kier alpha value is -1.90. The van der Waals surface area contributed by atoms with Gasteiger partial charge in [-0.3, -0.25) is 4.79 Å². The molecule has 0 atom stereocenters. The van der Waals surface area contributed by atoms with E-state index in [-0.39, 0.29) is 23.3 Å². The maximum Gasteiger partial charge on any atom is 0.243 e. The van der Waals surface area contributed by atoms with Crippen LogP contribution in [-0.4, -0.2) is 36.4 Å². The van der Waals surface area contributed by atoms with Gasteiger partial charge in [-0.15, -0.1) is 0 Å². The number of halogens is 1. The normalized spacial score (nSPS) is 15.9. The van der Waals surface area contributed by atoms with E-state index >= 15 is 0 Å². The molecule has 1 amide bonds. The van der Waals surface area contributed by atoms with Gasteiger partial charge in [0.2, 0.25) is 15.9 Å². The first-order chi connectivity index (χ1) is 12.5. The Kier molecular flexibility index (Phi) is 5.95. The second kappa shape index (κ2) is 8.20. The summed E-state index contributed by atoms with van der Waals surface area (Å²) in [5.74, 6) is -0.204. The van der Waals surface area contributed by atoms with Gasteiger partial charge in [0, 0.05) is 17.1 Å². The number of carbonyl (C=O) groups is 1. The molecule has 1 saturated carbocycles. The summed E-state index contributed by atoms with van der Waals surface area (Å²) in [5, 5.41) is 6.63. The van der Waals surface area contributed by atoms with Crippen molar-refractivity contribution in [3.8, 4) is 0 Å². The van der Waals surface area contributed by atoms with Crippen molar-refractivity contribution in [3.63, 3.8) is 0 Å². The minimum atomic E-state index is -3.82. The topological polar surface area (TPSA) is 92.5 Å². The summed E-state index contributed by atoms with van der Waals surface area (Å²) < 4.78 is 32.3. The molecule has 2 aromatic rings. The number of anilines is 1. The molecule has 140 valence electrons. The van der Waals surface area contributed by atoms with E-state index in [9.17, 15) is 13.2 Å². The Bertz CT molecular complexity index is 831. The van der Waals surface area contributed by atoms with E-state index in [0.717, 1.165) is 32.1 Å². The number of nitrogens with zero attached hydrogens (tertiary/aromatic N) is 2. The molecule has 0 saturated heterocycles. The molecular weight excluding hydrogens is 378 g/mol. The third-order valence-corrected chi connectivity index (χ3v) is 6.57. The van der Waals surface area contributed by atoms with Crippen LogP contribution in [0.5, 0.6) is 0 Å². The fourth-order valence-electron chi connectivity index (χ4n) is 3.12. The first-order valence-corrected chi connectivity index (χ1v) is 10.3. The SMILES string of the molecule is O=C(CN(C1CCCCC1)S(=O)(=O)c1ccc(Cl)cc1)Nc1ccon1. The molecule has 1 fully saturated rings. The van der Waals surface area contributed by atoms with Crippen LogP contribution in [0.2, 0.25) is 5.02 Å². The summed E-state index contributed by atoms with van der Waals surface area (Å²) >= 11 is 5.87. The molecular formula is C17H20ClN3O4S. The zero-order valence-corrected chi connectivity index (χ0v) is 15.7. The highest BCUT2D eigenvalue weighted by molar-refractivity contribution is 7.89. The molecule has 1 aliphatic rings.